The van der Waals surface area contributed by atoms with Crippen LogP contribution in [0.4, 0.5) is 0 Å². The molecule has 0 atom stereocenters. The Morgan fingerprint density at radius 2 is 1.86 bits per heavy atom. The highest BCUT2D eigenvalue weighted by Gasteiger charge is 2.24. The molecular weight excluding hydrogens is 266 g/mol. The molecule has 1 heterocycles. The molecule has 0 radical (unpaired) electrons. The Balaban J connectivity index is 1.97. The average molecular weight is 289 g/mol. The predicted molar refractivity (Wildman–Crippen MR) is 82.2 cm³/mol. The lowest BCUT2D eigenvalue weighted by molar-refractivity contribution is 0.0402. The largest absolute Gasteiger partial charge is 0.396 e. The van der Waals surface area contributed by atoms with Gasteiger partial charge in [0.2, 0.25) is 0 Å². The quantitative estimate of drug-likeness (QED) is 0.806. The van der Waals surface area contributed by atoms with Crippen LogP contribution in [0.3, 0.4) is 0 Å². The second-order valence-electron chi connectivity index (χ2n) is 5.92. The SMILES string of the molecule is CN(Cc1ccc(-n2cccn2)cc1)CC(C)(CO)CO. The standard InChI is InChI=1S/C16H23N3O2/c1-16(12-20,13-21)11-18(2)10-14-4-6-15(7-5-14)19-9-3-8-17-19/h3-9,20-21H,10-13H2,1-2H3. The van der Waals surface area contributed by atoms with Crippen LogP contribution < -0.4 is 0 Å². The van der Waals surface area contributed by atoms with Crippen LogP contribution in [0.15, 0.2) is 42.7 Å². The van der Waals surface area contributed by atoms with Crippen LogP contribution >= 0.6 is 0 Å². The lowest BCUT2D eigenvalue weighted by Crippen LogP contribution is -2.38. The van der Waals surface area contributed by atoms with Gasteiger partial charge in [-0.2, -0.15) is 5.10 Å². The number of benzene rings is 1. The second-order valence-corrected chi connectivity index (χ2v) is 5.92. The molecule has 2 aromatic rings. The van der Waals surface area contributed by atoms with E-state index in [1.807, 2.05) is 43.0 Å². The predicted octanol–water partition coefficient (Wildman–Crippen LogP) is 1.29. The van der Waals surface area contributed by atoms with Gasteiger partial charge in [0.05, 0.1) is 18.9 Å². The molecule has 114 valence electrons. The smallest absolute Gasteiger partial charge is 0.0645 e. The third kappa shape index (κ3) is 4.14. The zero-order chi connectivity index (χ0) is 15.3. The molecule has 0 spiro atoms. The molecule has 0 unspecified atom stereocenters. The second kappa shape index (κ2) is 6.85. The van der Waals surface area contributed by atoms with Crippen LogP contribution in [0, 0.1) is 5.41 Å². The maximum Gasteiger partial charge on any atom is 0.0645 e. The van der Waals surface area contributed by atoms with Crippen molar-refractivity contribution in [3.05, 3.63) is 48.3 Å². The third-order valence-electron chi connectivity index (χ3n) is 3.57. The fourth-order valence-electron chi connectivity index (χ4n) is 2.34. The fraction of sp³-hybridized carbons (Fsp3) is 0.438. The molecule has 0 aliphatic rings. The molecule has 0 saturated heterocycles. The minimum Gasteiger partial charge on any atom is -0.396 e. The summed E-state index contributed by atoms with van der Waals surface area (Å²) in [7, 11) is 1.99. The van der Waals surface area contributed by atoms with Gasteiger partial charge in [0.15, 0.2) is 0 Å². The number of hydrogen-bond acceptors (Lipinski definition) is 4. The summed E-state index contributed by atoms with van der Waals surface area (Å²) in [5.74, 6) is 0. The van der Waals surface area contributed by atoms with Gasteiger partial charge in [-0.3, -0.25) is 0 Å². The number of nitrogens with zero attached hydrogens (tertiary/aromatic N) is 3. The molecule has 0 amide bonds. The van der Waals surface area contributed by atoms with Crippen LogP contribution in [0.1, 0.15) is 12.5 Å². The van der Waals surface area contributed by atoms with Gasteiger partial charge in [-0.25, -0.2) is 4.68 Å². The molecule has 1 aromatic heterocycles. The van der Waals surface area contributed by atoms with Gasteiger partial charge >= 0.3 is 0 Å². The van der Waals surface area contributed by atoms with Crippen molar-refractivity contribution in [3.63, 3.8) is 0 Å². The number of aliphatic hydroxyl groups is 2. The van der Waals surface area contributed by atoms with E-state index in [1.54, 1.807) is 6.20 Å². The Labute approximate surface area is 125 Å². The monoisotopic (exact) mass is 289 g/mol. The summed E-state index contributed by atoms with van der Waals surface area (Å²) in [5.41, 5.74) is 1.75. The molecule has 2 N–H and O–H groups in total. The first-order chi connectivity index (χ1) is 10.1. The number of hydrogen-bond donors (Lipinski definition) is 2. The van der Waals surface area contributed by atoms with Crippen LogP contribution in [0.25, 0.3) is 5.69 Å². The van der Waals surface area contributed by atoms with Crippen molar-refractivity contribution in [2.45, 2.75) is 13.5 Å². The van der Waals surface area contributed by atoms with Crippen LogP contribution in [-0.2, 0) is 6.54 Å². The summed E-state index contributed by atoms with van der Waals surface area (Å²) in [6.07, 6.45) is 3.67. The highest BCUT2D eigenvalue weighted by Crippen LogP contribution is 2.17. The van der Waals surface area contributed by atoms with Crippen LogP contribution in [0.2, 0.25) is 0 Å². The zero-order valence-electron chi connectivity index (χ0n) is 12.6. The molecule has 0 saturated carbocycles. The number of aliphatic hydroxyl groups excluding tert-OH is 2. The minimum absolute atomic E-state index is 0.0217. The summed E-state index contributed by atoms with van der Waals surface area (Å²) in [4.78, 5) is 2.11. The topological polar surface area (TPSA) is 61.5 Å². The molecule has 1 aromatic carbocycles. The molecule has 5 heteroatoms. The molecule has 0 aliphatic heterocycles. The van der Waals surface area contributed by atoms with Gasteiger partial charge in [0, 0.05) is 30.9 Å². The molecule has 21 heavy (non-hydrogen) atoms. The van der Waals surface area contributed by atoms with Gasteiger partial charge in [0.1, 0.15) is 0 Å². The highest BCUT2D eigenvalue weighted by molar-refractivity contribution is 5.33. The van der Waals surface area contributed by atoms with Crippen molar-refractivity contribution in [2.24, 2.45) is 5.41 Å². The first kappa shape index (κ1) is 15.7. The third-order valence-corrected chi connectivity index (χ3v) is 3.57. The lowest BCUT2D eigenvalue weighted by Gasteiger charge is -2.30. The van der Waals surface area contributed by atoms with E-state index in [1.165, 1.54) is 5.56 Å². The van der Waals surface area contributed by atoms with Crippen molar-refractivity contribution in [2.75, 3.05) is 26.8 Å². The van der Waals surface area contributed by atoms with Crippen molar-refractivity contribution in [1.82, 2.24) is 14.7 Å². The molecule has 0 aliphatic carbocycles. The van der Waals surface area contributed by atoms with E-state index in [9.17, 15) is 10.2 Å². The molecule has 5 nitrogen and oxygen atoms in total. The first-order valence-electron chi connectivity index (χ1n) is 7.05. The molecule has 2 rings (SSSR count). The van der Waals surface area contributed by atoms with Crippen molar-refractivity contribution in [1.29, 1.82) is 0 Å². The maximum atomic E-state index is 9.35. The summed E-state index contributed by atoms with van der Waals surface area (Å²) in [6, 6.07) is 10.1. The maximum absolute atomic E-state index is 9.35. The molecule has 0 bridgehead atoms. The van der Waals surface area contributed by atoms with Gasteiger partial charge < -0.3 is 15.1 Å². The van der Waals surface area contributed by atoms with Gasteiger partial charge in [-0.05, 0) is 30.8 Å². The normalized spacial score (nSPS) is 12.0. The first-order valence-corrected chi connectivity index (χ1v) is 7.05. The van der Waals surface area contributed by atoms with Gasteiger partial charge in [0.25, 0.3) is 0 Å². The van der Waals surface area contributed by atoms with E-state index in [2.05, 4.69) is 22.1 Å². The Kier molecular flexibility index (Phi) is 5.12. The molecule has 0 fully saturated rings. The summed E-state index contributed by atoms with van der Waals surface area (Å²) < 4.78 is 1.82. The summed E-state index contributed by atoms with van der Waals surface area (Å²) in [6.45, 7) is 3.25. The van der Waals surface area contributed by atoms with Gasteiger partial charge in [-0.1, -0.05) is 19.1 Å². The summed E-state index contributed by atoms with van der Waals surface area (Å²) >= 11 is 0. The van der Waals surface area contributed by atoms with Crippen LogP contribution in [0.5, 0.6) is 0 Å². The van der Waals surface area contributed by atoms with E-state index in [-0.39, 0.29) is 13.2 Å². The van der Waals surface area contributed by atoms with Crippen molar-refractivity contribution in [3.8, 4) is 5.69 Å². The Bertz CT molecular complexity index is 533. The van der Waals surface area contributed by atoms with E-state index in [0.29, 0.717) is 6.54 Å². The van der Waals surface area contributed by atoms with Crippen LogP contribution in [-0.4, -0.2) is 51.7 Å². The van der Waals surface area contributed by atoms with E-state index < -0.39 is 5.41 Å². The zero-order valence-corrected chi connectivity index (χ0v) is 12.6. The van der Waals surface area contributed by atoms with E-state index in [0.717, 1.165) is 12.2 Å². The summed E-state index contributed by atoms with van der Waals surface area (Å²) in [5, 5.41) is 22.9. The Hall–Kier alpha value is -1.69. The number of rotatable bonds is 7. The van der Waals surface area contributed by atoms with Crippen molar-refractivity contribution < 1.29 is 10.2 Å². The van der Waals surface area contributed by atoms with Gasteiger partial charge in [-0.15, -0.1) is 0 Å². The fourth-order valence-corrected chi connectivity index (χ4v) is 2.34. The minimum atomic E-state index is -0.469. The average Bonchev–Trinajstić information content (AvgIpc) is 3.02. The van der Waals surface area contributed by atoms with E-state index in [4.69, 9.17) is 0 Å². The lowest BCUT2D eigenvalue weighted by atomic mass is 9.92. The number of aromatic nitrogens is 2. The Morgan fingerprint density at radius 3 is 2.38 bits per heavy atom. The Morgan fingerprint density at radius 1 is 1.19 bits per heavy atom. The van der Waals surface area contributed by atoms with Crippen molar-refractivity contribution >= 4 is 0 Å². The highest BCUT2D eigenvalue weighted by atomic mass is 16.3. The molecular formula is C16H23N3O2. The van der Waals surface area contributed by atoms with E-state index >= 15 is 0 Å².